The highest BCUT2D eigenvalue weighted by molar-refractivity contribution is 6.04. The highest BCUT2D eigenvalue weighted by atomic mass is 19.3. The fraction of sp³-hybridized carbons (Fsp3) is 0.259. The number of aromatic nitrogens is 3. The number of amides is 2. The lowest BCUT2D eigenvalue weighted by atomic mass is 10.2. The summed E-state index contributed by atoms with van der Waals surface area (Å²) in [6.07, 6.45) is -5.88. The molecule has 10 nitrogen and oxygen atoms in total. The van der Waals surface area contributed by atoms with Gasteiger partial charge in [-0.2, -0.15) is 8.78 Å². The highest BCUT2D eigenvalue weighted by Crippen LogP contribution is 2.34. The Balaban J connectivity index is 1.29. The molecule has 0 radical (unpaired) electrons. The van der Waals surface area contributed by atoms with E-state index in [2.05, 4.69) is 25.5 Å². The SMILES string of the molecule is COc1ccc(NC(=O)c2cccc(OC(F)(F)CC(F)F)c2)cc1Oc1ccc2nc(NC(=O)C3CC3)cn2n1. The number of halogens is 4. The van der Waals surface area contributed by atoms with Crippen molar-refractivity contribution in [2.45, 2.75) is 31.8 Å². The minimum atomic E-state index is -4.11. The maximum atomic E-state index is 13.6. The Labute approximate surface area is 230 Å². The van der Waals surface area contributed by atoms with E-state index in [1.54, 1.807) is 18.3 Å². The van der Waals surface area contributed by atoms with Gasteiger partial charge in [-0.3, -0.25) is 9.59 Å². The molecular weight excluding hydrogens is 550 g/mol. The number of imidazole rings is 1. The van der Waals surface area contributed by atoms with E-state index < -0.39 is 30.6 Å². The van der Waals surface area contributed by atoms with Crippen molar-refractivity contribution in [1.29, 1.82) is 0 Å². The topological polar surface area (TPSA) is 116 Å². The second kappa shape index (κ2) is 11.3. The first kappa shape index (κ1) is 27.7. The van der Waals surface area contributed by atoms with Gasteiger partial charge in [0.2, 0.25) is 18.2 Å². The van der Waals surface area contributed by atoms with Gasteiger partial charge in [0.05, 0.1) is 13.3 Å². The van der Waals surface area contributed by atoms with Gasteiger partial charge in [0, 0.05) is 29.3 Å². The molecule has 2 aromatic carbocycles. The summed E-state index contributed by atoms with van der Waals surface area (Å²) in [6.45, 7) is 0. The smallest absolute Gasteiger partial charge is 0.403 e. The summed E-state index contributed by atoms with van der Waals surface area (Å²) >= 11 is 0. The van der Waals surface area contributed by atoms with Crippen LogP contribution >= 0.6 is 0 Å². The third kappa shape index (κ3) is 7.01. The molecule has 0 atom stereocenters. The normalized spacial score (nSPS) is 13.2. The van der Waals surface area contributed by atoms with Gasteiger partial charge in [0.1, 0.15) is 12.2 Å². The van der Waals surface area contributed by atoms with Gasteiger partial charge in [0.25, 0.3) is 5.91 Å². The van der Waals surface area contributed by atoms with Gasteiger partial charge in [-0.15, -0.1) is 5.10 Å². The maximum absolute atomic E-state index is 13.6. The van der Waals surface area contributed by atoms with Crippen LogP contribution in [0.25, 0.3) is 5.65 Å². The van der Waals surface area contributed by atoms with Gasteiger partial charge < -0.3 is 24.8 Å². The Morgan fingerprint density at radius 2 is 1.88 bits per heavy atom. The molecule has 0 saturated heterocycles. The molecule has 1 saturated carbocycles. The van der Waals surface area contributed by atoms with Crippen LogP contribution in [-0.4, -0.2) is 46.1 Å². The van der Waals surface area contributed by atoms with Crippen LogP contribution in [0.1, 0.15) is 29.6 Å². The molecule has 5 rings (SSSR count). The minimum Gasteiger partial charge on any atom is -0.493 e. The number of ether oxygens (including phenoxy) is 3. The number of hydrogen-bond donors (Lipinski definition) is 2. The number of hydrogen-bond acceptors (Lipinski definition) is 7. The molecule has 0 aliphatic heterocycles. The van der Waals surface area contributed by atoms with E-state index in [-0.39, 0.29) is 34.7 Å². The molecule has 41 heavy (non-hydrogen) atoms. The fourth-order valence-corrected chi connectivity index (χ4v) is 3.80. The molecule has 1 aliphatic rings. The van der Waals surface area contributed by atoms with Crippen molar-refractivity contribution in [2.75, 3.05) is 17.7 Å². The first-order chi connectivity index (χ1) is 19.6. The number of nitrogens with one attached hydrogen (secondary N) is 2. The van der Waals surface area contributed by atoms with Gasteiger partial charge in [0.15, 0.2) is 23.0 Å². The first-order valence-electron chi connectivity index (χ1n) is 12.4. The van der Waals surface area contributed by atoms with Crippen molar-refractivity contribution in [3.63, 3.8) is 0 Å². The lowest BCUT2D eigenvalue weighted by molar-refractivity contribution is -0.199. The molecule has 4 aromatic rings. The van der Waals surface area contributed by atoms with Crippen molar-refractivity contribution in [3.8, 4) is 23.1 Å². The molecule has 2 N–H and O–H groups in total. The zero-order chi connectivity index (χ0) is 29.1. The Kier molecular flexibility index (Phi) is 7.64. The lowest BCUT2D eigenvalue weighted by Crippen LogP contribution is -2.27. The van der Waals surface area contributed by atoms with Crippen LogP contribution in [0.4, 0.5) is 29.1 Å². The van der Waals surface area contributed by atoms with E-state index in [4.69, 9.17) is 9.47 Å². The third-order valence-electron chi connectivity index (χ3n) is 5.89. The molecule has 2 aromatic heterocycles. The van der Waals surface area contributed by atoms with E-state index >= 15 is 0 Å². The second-order valence-electron chi connectivity index (χ2n) is 9.15. The molecule has 0 unspecified atom stereocenters. The molecule has 0 bridgehead atoms. The van der Waals surface area contributed by atoms with Crippen molar-refractivity contribution >= 4 is 29.0 Å². The Morgan fingerprint density at radius 3 is 2.61 bits per heavy atom. The minimum absolute atomic E-state index is 0.0202. The van der Waals surface area contributed by atoms with E-state index in [1.165, 1.54) is 42.0 Å². The van der Waals surface area contributed by atoms with Crippen LogP contribution in [0, 0.1) is 5.92 Å². The summed E-state index contributed by atoms with van der Waals surface area (Å²) in [5.74, 6) is -0.148. The molecular formula is C27H23F4N5O5. The number of nitrogens with zero attached hydrogens (tertiary/aromatic N) is 3. The predicted octanol–water partition coefficient (Wildman–Crippen LogP) is 5.76. The van der Waals surface area contributed by atoms with Gasteiger partial charge in [-0.1, -0.05) is 6.07 Å². The second-order valence-corrected chi connectivity index (χ2v) is 9.15. The number of rotatable bonds is 11. The van der Waals surface area contributed by atoms with Crippen molar-refractivity contribution in [2.24, 2.45) is 5.92 Å². The summed E-state index contributed by atoms with van der Waals surface area (Å²) in [4.78, 5) is 29.1. The summed E-state index contributed by atoms with van der Waals surface area (Å²) in [6, 6.07) is 12.5. The number of alkyl halides is 4. The number of carbonyl (C=O) groups excluding carboxylic acids is 2. The van der Waals surface area contributed by atoms with Crippen LogP contribution in [0.2, 0.25) is 0 Å². The quantitative estimate of drug-likeness (QED) is 0.219. The predicted molar refractivity (Wildman–Crippen MR) is 138 cm³/mol. The molecule has 1 fully saturated rings. The molecule has 1 aliphatic carbocycles. The first-order valence-corrected chi connectivity index (χ1v) is 12.4. The lowest BCUT2D eigenvalue weighted by Gasteiger charge is -2.18. The van der Waals surface area contributed by atoms with Crippen molar-refractivity contribution < 1.29 is 41.4 Å². The average Bonchev–Trinajstić information content (AvgIpc) is 3.68. The van der Waals surface area contributed by atoms with Gasteiger partial charge in [-0.25, -0.2) is 18.3 Å². The van der Waals surface area contributed by atoms with Crippen molar-refractivity contribution in [3.05, 3.63) is 66.4 Å². The monoisotopic (exact) mass is 573 g/mol. The molecule has 2 amide bonds. The van der Waals surface area contributed by atoms with Gasteiger partial charge >= 0.3 is 6.11 Å². The Hall–Kier alpha value is -4.88. The largest absolute Gasteiger partial charge is 0.493 e. The van der Waals surface area contributed by atoms with Crippen LogP contribution in [0.5, 0.6) is 23.1 Å². The van der Waals surface area contributed by atoms with Gasteiger partial charge in [-0.05, 0) is 49.2 Å². The number of benzene rings is 2. The average molecular weight is 574 g/mol. The molecule has 214 valence electrons. The molecule has 0 spiro atoms. The summed E-state index contributed by atoms with van der Waals surface area (Å²) in [5.41, 5.74) is 0.703. The van der Waals surface area contributed by atoms with E-state index in [0.29, 0.717) is 17.2 Å². The van der Waals surface area contributed by atoms with Crippen LogP contribution in [0.3, 0.4) is 0 Å². The zero-order valence-corrected chi connectivity index (χ0v) is 21.4. The van der Waals surface area contributed by atoms with Crippen LogP contribution in [0.15, 0.2) is 60.8 Å². The van der Waals surface area contributed by atoms with Crippen LogP contribution in [-0.2, 0) is 4.79 Å². The fourth-order valence-electron chi connectivity index (χ4n) is 3.80. The van der Waals surface area contributed by atoms with E-state index in [0.717, 1.165) is 25.0 Å². The Morgan fingerprint density at radius 1 is 1.07 bits per heavy atom. The van der Waals surface area contributed by atoms with E-state index in [9.17, 15) is 27.2 Å². The standard InChI is InChI=1S/C27H23F4N5O5/c1-39-19-8-7-17(32-26(38)16-3-2-4-18(11-16)41-27(30,31)13-21(28)29)12-20(19)40-24-10-9-23-33-22(14-36(23)35-24)34-25(37)15-5-6-15/h2-4,7-12,14-15,21H,5-6,13H2,1H3,(H,32,38)(H,34,37). The van der Waals surface area contributed by atoms with Crippen LogP contribution < -0.4 is 24.8 Å². The molecule has 2 heterocycles. The number of carbonyl (C=O) groups is 2. The number of fused-ring (bicyclic) bond motifs is 1. The summed E-state index contributed by atoms with van der Waals surface area (Å²) in [5, 5.41) is 9.71. The summed E-state index contributed by atoms with van der Waals surface area (Å²) < 4.78 is 69.1. The molecule has 14 heteroatoms. The van der Waals surface area contributed by atoms with E-state index in [1.807, 2.05) is 0 Å². The zero-order valence-electron chi connectivity index (χ0n) is 21.4. The summed E-state index contributed by atoms with van der Waals surface area (Å²) in [7, 11) is 1.43. The Bertz CT molecular complexity index is 1590. The number of methoxy groups -OCH3 is 1. The highest BCUT2D eigenvalue weighted by Gasteiger charge is 2.36. The van der Waals surface area contributed by atoms with Crippen molar-refractivity contribution in [1.82, 2.24) is 14.6 Å². The third-order valence-corrected chi connectivity index (χ3v) is 5.89. The maximum Gasteiger partial charge on any atom is 0.403 e. The number of anilines is 2.